The quantitative estimate of drug-likeness (QED) is 0.628. The van der Waals surface area contributed by atoms with Crippen LogP contribution in [0.3, 0.4) is 0 Å². The number of imidazole rings is 1. The number of aromatic nitrogens is 2. The third kappa shape index (κ3) is 4.84. The summed E-state index contributed by atoms with van der Waals surface area (Å²) in [4.78, 5) is 21.3. The number of ether oxygens (including phenoxy) is 1. The SMILES string of the molecule is O=C(O)c1cccc2[nH]c(/C=C/c3ccc(OCCN4CCCCC4)cc3)nc12. The zero-order valence-electron chi connectivity index (χ0n) is 16.3. The summed E-state index contributed by atoms with van der Waals surface area (Å²) in [5.41, 5.74) is 2.40. The van der Waals surface area contributed by atoms with Crippen molar-refractivity contribution in [3.8, 4) is 5.75 Å². The molecule has 1 saturated heterocycles. The van der Waals surface area contributed by atoms with Crippen molar-refractivity contribution in [3.05, 3.63) is 59.4 Å². The molecule has 0 bridgehead atoms. The summed E-state index contributed by atoms with van der Waals surface area (Å²) >= 11 is 0. The highest BCUT2D eigenvalue weighted by Crippen LogP contribution is 2.19. The molecule has 29 heavy (non-hydrogen) atoms. The Hall–Kier alpha value is -3.12. The second kappa shape index (κ2) is 8.92. The topological polar surface area (TPSA) is 78.4 Å². The molecule has 6 nitrogen and oxygen atoms in total. The average molecular weight is 391 g/mol. The van der Waals surface area contributed by atoms with Crippen LogP contribution in [0.2, 0.25) is 0 Å². The van der Waals surface area contributed by atoms with Crippen molar-refractivity contribution >= 4 is 29.2 Å². The van der Waals surface area contributed by atoms with Crippen LogP contribution < -0.4 is 4.74 Å². The fourth-order valence-corrected chi connectivity index (χ4v) is 3.63. The molecule has 2 N–H and O–H groups in total. The van der Waals surface area contributed by atoms with E-state index < -0.39 is 5.97 Å². The molecule has 0 saturated carbocycles. The summed E-state index contributed by atoms with van der Waals surface area (Å²) in [6.07, 6.45) is 7.72. The largest absolute Gasteiger partial charge is 0.492 e. The second-order valence-electron chi connectivity index (χ2n) is 7.28. The lowest BCUT2D eigenvalue weighted by Crippen LogP contribution is -2.33. The zero-order chi connectivity index (χ0) is 20.1. The first-order valence-corrected chi connectivity index (χ1v) is 10.0. The van der Waals surface area contributed by atoms with Crippen LogP contribution in [0, 0.1) is 0 Å². The average Bonchev–Trinajstić information content (AvgIpc) is 3.17. The molecule has 0 spiro atoms. The van der Waals surface area contributed by atoms with Gasteiger partial charge in [0.2, 0.25) is 0 Å². The van der Waals surface area contributed by atoms with Gasteiger partial charge in [-0.3, -0.25) is 4.90 Å². The van der Waals surface area contributed by atoms with Crippen molar-refractivity contribution in [2.24, 2.45) is 0 Å². The first-order valence-electron chi connectivity index (χ1n) is 10.0. The van der Waals surface area contributed by atoms with Gasteiger partial charge in [0.1, 0.15) is 23.7 Å². The Balaban J connectivity index is 1.36. The van der Waals surface area contributed by atoms with E-state index in [0.29, 0.717) is 23.5 Å². The molecule has 2 heterocycles. The maximum atomic E-state index is 11.3. The molecule has 6 heteroatoms. The monoisotopic (exact) mass is 391 g/mol. The molecule has 0 unspecified atom stereocenters. The number of piperidine rings is 1. The number of benzene rings is 2. The van der Waals surface area contributed by atoms with Gasteiger partial charge in [0.15, 0.2) is 0 Å². The van der Waals surface area contributed by atoms with Gasteiger partial charge < -0.3 is 14.8 Å². The van der Waals surface area contributed by atoms with Crippen LogP contribution in [0.15, 0.2) is 42.5 Å². The fourth-order valence-electron chi connectivity index (χ4n) is 3.63. The molecule has 150 valence electrons. The highest BCUT2D eigenvalue weighted by Gasteiger charge is 2.11. The van der Waals surface area contributed by atoms with E-state index in [-0.39, 0.29) is 5.56 Å². The van der Waals surface area contributed by atoms with Gasteiger partial charge in [0, 0.05) is 6.54 Å². The molecule has 1 aliphatic rings. The number of carboxylic acids is 1. The Bertz CT molecular complexity index is 1000. The van der Waals surface area contributed by atoms with Crippen LogP contribution in [0.1, 0.15) is 41.0 Å². The number of rotatable bonds is 7. The van der Waals surface area contributed by atoms with Crippen LogP contribution in [0.4, 0.5) is 0 Å². The number of para-hydroxylation sites is 1. The van der Waals surface area contributed by atoms with Gasteiger partial charge in [-0.15, -0.1) is 0 Å². The lowest BCUT2D eigenvalue weighted by molar-refractivity contribution is 0.0699. The van der Waals surface area contributed by atoms with Gasteiger partial charge in [-0.25, -0.2) is 9.78 Å². The molecular formula is C23H25N3O3. The van der Waals surface area contributed by atoms with Crippen molar-refractivity contribution in [1.29, 1.82) is 0 Å². The highest BCUT2D eigenvalue weighted by molar-refractivity contribution is 6.01. The zero-order valence-corrected chi connectivity index (χ0v) is 16.3. The maximum absolute atomic E-state index is 11.3. The number of hydrogen-bond donors (Lipinski definition) is 2. The van der Waals surface area contributed by atoms with Gasteiger partial charge in [-0.05, 0) is 61.8 Å². The number of hydrogen-bond acceptors (Lipinski definition) is 4. The Morgan fingerprint density at radius 2 is 1.90 bits per heavy atom. The minimum atomic E-state index is -0.978. The van der Waals surface area contributed by atoms with E-state index in [1.54, 1.807) is 12.1 Å². The standard InChI is InChI=1S/C23H25N3O3/c27-23(28)19-5-4-6-20-22(19)25-21(24-20)12-9-17-7-10-18(11-8-17)29-16-15-26-13-2-1-3-14-26/h4-12H,1-3,13-16H2,(H,24,25)(H,27,28)/b12-9+. The number of nitrogens with one attached hydrogen (secondary N) is 1. The predicted octanol–water partition coefficient (Wildman–Crippen LogP) is 4.30. The Morgan fingerprint density at radius 1 is 1.10 bits per heavy atom. The van der Waals surface area contributed by atoms with Crippen LogP contribution in [-0.2, 0) is 0 Å². The first-order chi connectivity index (χ1) is 14.2. The molecule has 2 aromatic carbocycles. The van der Waals surface area contributed by atoms with Gasteiger partial charge in [0.05, 0.1) is 11.1 Å². The van der Waals surface area contributed by atoms with E-state index in [2.05, 4.69) is 14.9 Å². The van der Waals surface area contributed by atoms with Crippen molar-refractivity contribution < 1.29 is 14.6 Å². The molecule has 3 aromatic rings. The highest BCUT2D eigenvalue weighted by atomic mass is 16.5. The van der Waals surface area contributed by atoms with E-state index in [4.69, 9.17) is 4.74 Å². The molecule has 1 aromatic heterocycles. The molecule has 4 rings (SSSR count). The third-order valence-corrected chi connectivity index (χ3v) is 5.20. The van der Waals surface area contributed by atoms with Gasteiger partial charge in [-0.1, -0.05) is 30.7 Å². The molecule has 1 fully saturated rings. The van der Waals surface area contributed by atoms with E-state index >= 15 is 0 Å². The first kappa shape index (κ1) is 19.2. The summed E-state index contributed by atoms with van der Waals surface area (Å²) in [5, 5.41) is 9.28. The third-order valence-electron chi connectivity index (χ3n) is 5.20. The van der Waals surface area contributed by atoms with E-state index in [0.717, 1.165) is 17.9 Å². The molecule has 1 aliphatic heterocycles. The normalized spacial score (nSPS) is 15.2. The summed E-state index contributed by atoms with van der Waals surface area (Å²) in [7, 11) is 0. The molecule has 0 atom stereocenters. The minimum absolute atomic E-state index is 0.199. The van der Waals surface area contributed by atoms with E-state index in [9.17, 15) is 9.90 Å². The van der Waals surface area contributed by atoms with E-state index in [1.165, 1.54) is 32.4 Å². The van der Waals surface area contributed by atoms with Crippen molar-refractivity contribution in [3.63, 3.8) is 0 Å². The van der Waals surface area contributed by atoms with Crippen LogP contribution >= 0.6 is 0 Å². The predicted molar refractivity (Wildman–Crippen MR) is 114 cm³/mol. The summed E-state index contributed by atoms with van der Waals surface area (Å²) in [6, 6.07) is 13.0. The van der Waals surface area contributed by atoms with Crippen LogP contribution in [0.25, 0.3) is 23.2 Å². The maximum Gasteiger partial charge on any atom is 0.337 e. The summed E-state index contributed by atoms with van der Waals surface area (Å²) in [6.45, 7) is 4.05. The smallest absolute Gasteiger partial charge is 0.337 e. The number of likely N-dealkylation sites (tertiary alicyclic amines) is 1. The number of aromatic amines is 1. The molecular weight excluding hydrogens is 366 g/mol. The number of aromatic carboxylic acids is 1. The lowest BCUT2D eigenvalue weighted by Gasteiger charge is -2.26. The second-order valence-corrected chi connectivity index (χ2v) is 7.28. The van der Waals surface area contributed by atoms with Crippen molar-refractivity contribution in [2.45, 2.75) is 19.3 Å². The van der Waals surface area contributed by atoms with E-state index in [1.807, 2.05) is 42.5 Å². The van der Waals surface area contributed by atoms with Crippen LogP contribution in [-0.4, -0.2) is 52.2 Å². The lowest BCUT2D eigenvalue weighted by atomic mass is 10.1. The number of nitrogens with zero attached hydrogens (tertiary/aromatic N) is 2. The minimum Gasteiger partial charge on any atom is -0.492 e. The number of carbonyl (C=O) groups is 1. The van der Waals surface area contributed by atoms with Gasteiger partial charge in [-0.2, -0.15) is 0 Å². The number of H-pyrrole nitrogens is 1. The molecule has 0 amide bonds. The molecule has 0 aliphatic carbocycles. The summed E-state index contributed by atoms with van der Waals surface area (Å²) in [5.74, 6) is 0.512. The van der Waals surface area contributed by atoms with Crippen molar-refractivity contribution in [1.82, 2.24) is 14.9 Å². The number of carboxylic acid groups (broad SMARTS) is 1. The van der Waals surface area contributed by atoms with Gasteiger partial charge >= 0.3 is 5.97 Å². The number of fused-ring (bicyclic) bond motifs is 1. The van der Waals surface area contributed by atoms with Crippen LogP contribution in [0.5, 0.6) is 5.75 Å². The van der Waals surface area contributed by atoms with Gasteiger partial charge in [0.25, 0.3) is 0 Å². The summed E-state index contributed by atoms with van der Waals surface area (Å²) < 4.78 is 5.86. The Labute approximate surface area is 169 Å². The van der Waals surface area contributed by atoms with Crippen molar-refractivity contribution in [2.75, 3.05) is 26.2 Å². The fraction of sp³-hybridized carbons (Fsp3) is 0.304. The Morgan fingerprint density at radius 3 is 2.66 bits per heavy atom. The molecule has 0 radical (unpaired) electrons. The Kier molecular flexibility index (Phi) is 5.91.